The Hall–Kier alpha value is -1.28. The smallest absolute Gasteiger partial charge is 0.341 e. The summed E-state index contributed by atoms with van der Waals surface area (Å²) in [7, 11) is 0. The molecule has 0 saturated carbocycles. The molecule has 0 atom stereocenters. The van der Waals surface area contributed by atoms with Crippen LogP contribution >= 0.6 is 23.3 Å². The van der Waals surface area contributed by atoms with E-state index in [-0.39, 0.29) is 10.6 Å². The van der Waals surface area contributed by atoms with E-state index in [1.807, 2.05) is 6.92 Å². The van der Waals surface area contributed by atoms with E-state index in [4.69, 9.17) is 0 Å². The van der Waals surface area contributed by atoms with Crippen LogP contribution in [-0.4, -0.2) is 33.8 Å². The fourth-order valence-corrected chi connectivity index (χ4v) is 3.50. The summed E-state index contributed by atoms with van der Waals surface area (Å²) >= 11 is 2.43. The second kappa shape index (κ2) is 9.62. The Morgan fingerprint density at radius 1 is 1.29 bits per heavy atom. The highest BCUT2D eigenvalue weighted by atomic mass is 32.2. The van der Waals surface area contributed by atoms with Gasteiger partial charge in [-0.25, -0.2) is 9.59 Å². The van der Waals surface area contributed by atoms with Gasteiger partial charge < -0.3 is 10.4 Å². The Morgan fingerprint density at radius 2 is 2.05 bits per heavy atom. The monoisotopic (exact) mass is 331 g/mol. The van der Waals surface area contributed by atoms with Crippen LogP contribution in [-0.2, 0) is 0 Å². The highest BCUT2D eigenvalue weighted by Crippen LogP contribution is 2.32. The minimum Gasteiger partial charge on any atom is -0.477 e. The highest BCUT2D eigenvalue weighted by Gasteiger charge is 2.21. The molecular formula is C13H21N3O3S2. The number of carbonyl (C=O) groups excluding carboxylic acids is 1. The standard InChI is InChI=1S/C13H21N3O3S2/c1-3-5-6-8-20-11-9(12(17)18)10(21-16-11)15-13(19)14-7-4-2/h3-8H2,1-2H3,(H,17,18)(H2,14,15,19). The van der Waals surface area contributed by atoms with Gasteiger partial charge in [0.05, 0.1) is 0 Å². The van der Waals surface area contributed by atoms with Gasteiger partial charge in [-0.1, -0.05) is 26.7 Å². The molecule has 0 aliphatic carbocycles. The summed E-state index contributed by atoms with van der Waals surface area (Å²) in [4.78, 5) is 23.0. The predicted molar refractivity (Wildman–Crippen MR) is 86.6 cm³/mol. The lowest BCUT2D eigenvalue weighted by Gasteiger charge is -2.05. The van der Waals surface area contributed by atoms with Crippen LogP contribution in [0.3, 0.4) is 0 Å². The fraction of sp³-hybridized carbons (Fsp3) is 0.615. The molecule has 1 rings (SSSR count). The number of nitrogens with one attached hydrogen (secondary N) is 2. The van der Waals surface area contributed by atoms with Gasteiger partial charge in [0.2, 0.25) is 0 Å². The van der Waals surface area contributed by atoms with Gasteiger partial charge >= 0.3 is 12.0 Å². The minimum absolute atomic E-state index is 0.0909. The number of carboxylic acids is 1. The Labute approximate surface area is 132 Å². The molecule has 0 radical (unpaired) electrons. The highest BCUT2D eigenvalue weighted by molar-refractivity contribution is 7.99. The topological polar surface area (TPSA) is 91.3 Å². The predicted octanol–water partition coefficient (Wildman–Crippen LogP) is 3.66. The third-order valence-electron chi connectivity index (χ3n) is 2.62. The number of thioether (sulfide) groups is 1. The van der Waals surface area contributed by atoms with Crippen molar-refractivity contribution in [1.82, 2.24) is 9.69 Å². The van der Waals surface area contributed by atoms with Crippen LogP contribution in [0.5, 0.6) is 0 Å². The molecule has 3 N–H and O–H groups in total. The van der Waals surface area contributed by atoms with Crippen molar-refractivity contribution in [1.29, 1.82) is 0 Å². The molecular weight excluding hydrogens is 310 g/mol. The van der Waals surface area contributed by atoms with Crippen LogP contribution in [0.15, 0.2) is 5.03 Å². The van der Waals surface area contributed by atoms with Crippen molar-refractivity contribution in [2.24, 2.45) is 0 Å². The first-order valence-corrected chi connectivity index (χ1v) is 8.76. The number of hydrogen-bond acceptors (Lipinski definition) is 5. The molecule has 0 saturated heterocycles. The number of urea groups is 1. The fourth-order valence-electron chi connectivity index (χ4n) is 1.55. The van der Waals surface area contributed by atoms with E-state index in [1.54, 1.807) is 0 Å². The SMILES string of the molecule is CCCCCSc1nsc(NC(=O)NCCC)c1C(=O)O. The number of carboxylic acid groups (broad SMARTS) is 1. The van der Waals surface area contributed by atoms with Crippen molar-refractivity contribution in [3.05, 3.63) is 5.56 Å². The van der Waals surface area contributed by atoms with Gasteiger partial charge in [-0.15, -0.1) is 11.8 Å². The third-order valence-corrected chi connectivity index (χ3v) is 4.56. The zero-order valence-electron chi connectivity index (χ0n) is 12.3. The number of hydrogen-bond donors (Lipinski definition) is 3. The largest absolute Gasteiger partial charge is 0.477 e. The van der Waals surface area contributed by atoms with Gasteiger partial charge in [0.1, 0.15) is 15.6 Å². The van der Waals surface area contributed by atoms with E-state index < -0.39 is 12.0 Å². The van der Waals surface area contributed by atoms with E-state index in [2.05, 4.69) is 21.9 Å². The Bertz CT molecular complexity index is 477. The lowest BCUT2D eigenvalue weighted by atomic mass is 10.3. The quantitative estimate of drug-likeness (QED) is 0.474. The Kier molecular flexibility index (Phi) is 8.14. The first kappa shape index (κ1) is 17.8. The van der Waals surface area contributed by atoms with E-state index in [0.717, 1.165) is 43.0 Å². The molecule has 21 heavy (non-hydrogen) atoms. The number of aromatic nitrogens is 1. The molecule has 8 heteroatoms. The first-order valence-electron chi connectivity index (χ1n) is 7.00. The van der Waals surface area contributed by atoms with Crippen LogP contribution in [0.1, 0.15) is 49.9 Å². The van der Waals surface area contributed by atoms with Crippen LogP contribution in [0.4, 0.5) is 9.80 Å². The van der Waals surface area contributed by atoms with Crippen molar-refractivity contribution in [2.45, 2.75) is 44.6 Å². The van der Waals surface area contributed by atoms with Crippen molar-refractivity contribution in [3.8, 4) is 0 Å². The molecule has 6 nitrogen and oxygen atoms in total. The molecule has 1 heterocycles. The van der Waals surface area contributed by atoms with Crippen LogP contribution in [0.2, 0.25) is 0 Å². The molecule has 0 aliphatic heterocycles. The van der Waals surface area contributed by atoms with Gasteiger partial charge in [0.25, 0.3) is 0 Å². The summed E-state index contributed by atoms with van der Waals surface area (Å²) in [5.74, 6) is -0.230. The summed E-state index contributed by atoms with van der Waals surface area (Å²) in [6.45, 7) is 4.61. The van der Waals surface area contributed by atoms with Crippen molar-refractivity contribution < 1.29 is 14.7 Å². The maximum Gasteiger partial charge on any atom is 0.341 e. The minimum atomic E-state index is -1.06. The van der Waals surface area contributed by atoms with Crippen molar-refractivity contribution in [2.75, 3.05) is 17.6 Å². The molecule has 1 aromatic rings. The summed E-state index contributed by atoms with van der Waals surface area (Å²) in [6.07, 6.45) is 4.08. The molecule has 0 spiro atoms. The van der Waals surface area contributed by atoms with Crippen LogP contribution < -0.4 is 10.6 Å². The molecule has 0 bridgehead atoms. The van der Waals surface area contributed by atoms with E-state index in [1.165, 1.54) is 11.8 Å². The summed E-state index contributed by atoms with van der Waals surface area (Å²) in [6, 6.07) is -0.398. The zero-order chi connectivity index (χ0) is 15.7. The summed E-state index contributed by atoms with van der Waals surface area (Å²) < 4.78 is 4.15. The number of rotatable bonds is 9. The summed E-state index contributed by atoms with van der Waals surface area (Å²) in [5, 5.41) is 15.3. The second-order valence-electron chi connectivity index (χ2n) is 4.43. The van der Waals surface area contributed by atoms with Gasteiger partial charge in [-0.3, -0.25) is 5.32 Å². The Morgan fingerprint density at radius 3 is 2.67 bits per heavy atom. The number of aromatic carboxylic acids is 1. The van der Waals surface area contributed by atoms with E-state index in [0.29, 0.717) is 11.6 Å². The number of carbonyl (C=O) groups is 2. The first-order chi connectivity index (χ1) is 10.1. The second-order valence-corrected chi connectivity index (χ2v) is 6.29. The van der Waals surface area contributed by atoms with E-state index >= 15 is 0 Å². The maximum atomic E-state index is 11.6. The normalized spacial score (nSPS) is 10.4. The van der Waals surface area contributed by atoms with E-state index in [9.17, 15) is 14.7 Å². The van der Waals surface area contributed by atoms with Gasteiger partial charge in [-0.05, 0) is 30.1 Å². The molecule has 1 aromatic heterocycles. The van der Waals surface area contributed by atoms with Crippen molar-refractivity contribution >= 4 is 40.3 Å². The van der Waals surface area contributed by atoms with Crippen LogP contribution in [0, 0.1) is 0 Å². The summed E-state index contributed by atoms with van der Waals surface area (Å²) in [5.41, 5.74) is 0.0909. The van der Waals surface area contributed by atoms with Gasteiger partial charge in [-0.2, -0.15) is 4.37 Å². The zero-order valence-corrected chi connectivity index (χ0v) is 13.9. The lowest BCUT2D eigenvalue weighted by molar-refractivity contribution is 0.0694. The van der Waals surface area contributed by atoms with Gasteiger partial charge in [0, 0.05) is 6.54 Å². The maximum absolute atomic E-state index is 11.6. The molecule has 0 aromatic carbocycles. The van der Waals surface area contributed by atoms with Crippen LogP contribution in [0.25, 0.3) is 0 Å². The number of amides is 2. The third kappa shape index (κ3) is 5.92. The molecule has 0 fully saturated rings. The molecule has 0 unspecified atom stereocenters. The molecule has 0 aliphatic rings. The number of anilines is 1. The molecule has 2 amide bonds. The number of nitrogens with zero attached hydrogens (tertiary/aromatic N) is 1. The average molecular weight is 331 g/mol. The van der Waals surface area contributed by atoms with Gasteiger partial charge in [0.15, 0.2) is 0 Å². The number of unbranched alkanes of at least 4 members (excludes halogenated alkanes) is 2. The average Bonchev–Trinajstić information content (AvgIpc) is 2.84. The Balaban J connectivity index is 2.69. The van der Waals surface area contributed by atoms with Crippen molar-refractivity contribution in [3.63, 3.8) is 0 Å². The molecule has 118 valence electrons. The lowest BCUT2D eigenvalue weighted by Crippen LogP contribution is -2.29.